The molecular formula is C28H32ClF3N4O. The van der Waals surface area contributed by atoms with Gasteiger partial charge in [0.1, 0.15) is 12.3 Å². The Morgan fingerprint density at radius 2 is 1.84 bits per heavy atom. The molecule has 0 radical (unpaired) electrons. The summed E-state index contributed by atoms with van der Waals surface area (Å²) in [5.74, 6) is 6.47. The van der Waals surface area contributed by atoms with Crippen molar-refractivity contribution in [3.63, 3.8) is 0 Å². The maximum atomic E-state index is 13.5. The molecule has 0 saturated heterocycles. The van der Waals surface area contributed by atoms with Crippen LogP contribution in [0.1, 0.15) is 31.4 Å². The average Bonchev–Trinajstić information content (AvgIpc) is 3.19. The van der Waals surface area contributed by atoms with Crippen molar-refractivity contribution in [2.45, 2.75) is 50.5 Å². The molecule has 5 nitrogen and oxygen atoms in total. The van der Waals surface area contributed by atoms with Crippen LogP contribution >= 0.6 is 11.6 Å². The largest absolute Gasteiger partial charge is 0.495 e. The SMILES string of the molecule is COc1cc(Cl)ccc1NCC#Cc1cc2c(NC3CCC(N(C)C)CC3)cccc2n1CC(F)(F)F. The molecule has 1 fully saturated rings. The molecule has 0 aliphatic heterocycles. The van der Waals surface area contributed by atoms with Gasteiger partial charge in [-0.3, -0.25) is 0 Å². The van der Waals surface area contributed by atoms with E-state index >= 15 is 0 Å². The molecule has 2 N–H and O–H groups in total. The van der Waals surface area contributed by atoms with Crippen molar-refractivity contribution in [1.82, 2.24) is 9.47 Å². The van der Waals surface area contributed by atoms with Gasteiger partial charge >= 0.3 is 6.18 Å². The number of alkyl halides is 3. The van der Waals surface area contributed by atoms with Gasteiger partial charge in [-0.15, -0.1) is 0 Å². The van der Waals surface area contributed by atoms with Crippen LogP contribution in [0.5, 0.6) is 5.75 Å². The Bertz CT molecular complexity index is 1280. The zero-order valence-corrected chi connectivity index (χ0v) is 22.0. The molecule has 4 rings (SSSR count). The quantitative estimate of drug-likeness (QED) is 0.336. The van der Waals surface area contributed by atoms with E-state index < -0.39 is 12.7 Å². The molecule has 1 saturated carbocycles. The number of hydrogen-bond acceptors (Lipinski definition) is 4. The summed E-state index contributed by atoms with van der Waals surface area (Å²) in [4.78, 5) is 2.26. The molecule has 37 heavy (non-hydrogen) atoms. The Hall–Kier alpha value is -3.02. The van der Waals surface area contributed by atoms with E-state index in [9.17, 15) is 13.2 Å². The standard InChI is InChI=1S/C28H32ClF3N4O/c1-35(2)21-12-10-20(11-13-21)34-24-7-4-8-26-23(24)17-22(36(26)18-28(30,31)32)6-5-15-33-25-14-9-19(29)16-27(25)37-3/h4,7-9,14,16-17,20-21,33-34H,10-13,15,18H2,1-3H3. The monoisotopic (exact) mass is 532 g/mol. The molecular weight excluding hydrogens is 501 g/mol. The van der Waals surface area contributed by atoms with Crippen LogP contribution in [0.25, 0.3) is 10.9 Å². The number of ether oxygens (including phenoxy) is 1. The second-order valence-corrected chi connectivity index (χ2v) is 10.0. The lowest BCUT2D eigenvalue weighted by molar-refractivity contribution is -0.140. The maximum Gasteiger partial charge on any atom is 0.406 e. The zero-order valence-electron chi connectivity index (χ0n) is 21.3. The van der Waals surface area contributed by atoms with Gasteiger partial charge in [0.15, 0.2) is 0 Å². The fourth-order valence-electron chi connectivity index (χ4n) is 4.91. The molecule has 198 valence electrons. The van der Waals surface area contributed by atoms with E-state index in [0.29, 0.717) is 39.8 Å². The number of rotatable bonds is 7. The van der Waals surface area contributed by atoms with E-state index in [2.05, 4.69) is 41.5 Å². The smallest absolute Gasteiger partial charge is 0.406 e. The minimum Gasteiger partial charge on any atom is -0.495 e. The summed E-state index contributed by atoms with van der Waals surface area (Å²) >= 11 is 6.00. The first kappa shape index (κ1) is 27.0. The molecule has 2 aromatic carbocycles. The first-order valence-corrected chi connectivity index (χ1v) is 12.7. The summed E-state index contributed by atoms with van der Waals surface area (Å²) in [7, 11) is 5.75. The Morgan fingerprint density at radius 3 is 2.51 bits per heavy atom. The van der Waals surface area contributed by atoms with Crippen LogP contribution < -0.4 is 15.4 Å². The van der Waals surface area contributed by atoms with E-state index in [-0.39, 0.29) is 6.54 Å². The topological polar surface area (TPSA) is 41.5 Å². The van der Waals surface area contributed by atoms with Crippen LogP contribution in [-0.2, 0) is 6.54 Å². The van der Waals surface area contributed by atoms with Gasteiger partial charge in [-0.1, -0.05) is 23.6 Å². The minimum absolute atomic E-state index is 0.228. The summed E-state index contributed by atoms with van der Waals surface area (Å²) in [5, 5.41) is 8.02. The van der Waals surface area contributed by atoms with Gasteiger partial charge in [-0.2, -0.15) is 13.2 Å². The number of fused-ring (bicyclic) bond motifs is 1. The zero-order chi connectivity index (χ0) is 26.6. The first-order valence-electron chi connectivity index (χ1n) is 12.3. The van der Waals surface area contributed by atoms with Crippen molar-refractivity contribution < 1.29 is 17.9 Å². The molecule has 3 aromatic rings. The van der Waals surface area contributed by atoms with Crippen molar-refractivity contribution in [3.8, 4) is 17.6 Å². The van der Waals surface area contributed by atoms with E-state index in [0.717, 1.165) is 36.8 Å². The van der Waals surface area contributed by atoms with Gasteiger partial charge in [-0.25, -0.2) is 0 Å². The average molecular weight is 533 g/mol. The third kappa shape index (κ3) is 6.85. The Balaban J connectivity index is 1.57. The molecule has 1 aromatic heterocycles. The molecule has 0 unspecified atom stereocenters. The number of benzene rings is 2. The summed E-state index contributed by atoms with van der Waals surface area (Å²) in [6.07, 6.45) is -0.134. The van der Waals surface area contributed by atoms with Crippen LogP contribution in [0.2, 0.25) is 5.02 Å². The second kappa shape index (κ2) is 11.6. The van der Waals surface area contributed by atoms with Gasteiger partial charge in [0.2, 0.25) is 0 Å². The number of nitrogens with zero attached hydrogens (tertiary/aromatic N) is 2. The van der Waals surface area contributed by atoms with Gasteiger partial charge < -0.3 is 24.8 Å². The number of methoxy groups -OCH3 is 1. The normalized spacial score (nSPS) is 17.9. The highest BCUT2D eigenvalue weighted by atomic mass is 35.5. The Labute approximate surface area is 220 Å². The number of hydrogen-bond donors (Lipinski definition) is 2. The second-order valence-electron chi connectivity index (χ2n) is 9.58. The molecule has 1 aliphatic carbocycles. The number of anilines is 2. The van der Waals surface area contributed by atoms with Gasteiger partial charge in [0, 0.05) is 34.2 Å². The lowest BCUT2D eigenvalue weighted by Gasteiger charge is -2.33. The summed E-state index contributed by atoms with van der Waals surface area (Å²) in [6, 6.07) is 13.3. The fourth-order valence-corrected chi connectivity index (χ4v) is 5.07. The molecule has 1 aliphatic rings. The lowest BCUT2D eigenvalue weighted by atomic mass is 9.90. The number of nitrogens with one attached hydrogen (secondary N) is 2. The highest BCUT2D eigenvalue weighted by Crippen LogP contribution is 2.32. The van der Waals surface area contributed by atoms with Crippen LogP contribution in [0, 0.1) is 11.8 Å². The van der Waals surface area contributed by atoms with E-state index in [1.807, 2.05) is 6.07 Å². The summed E-state index contributed by atoms with van der Waals surface area (Å²) in [6.45, 7) is -0.873. The van der Waals surface area contributed by atoms with Crippen LogP contribution in [-0.4, -0.2) is 55.5 Å². The van der Waals surface area contributed by atoms with Gasteiger partial charge in [-0.05, 0) is 76.0 Å². The molecule has 0 bridgehead atoms. The third-order valence-corrected chi connectivity index (χ3v) is 7.05. The van der Waals surface area contributed by atoms with Crippen molar-refractivity contribution in [2.75, 3.05) is 38.4 Å². The van der Waals surface area contributed by atoms with Crippen molar-refractivity contribution in [2.24, 2.45) is 0 Å². The van der Waals surface area contributed by atoms with Crippen LogP contribution in [0.4, 0.5) is 24.5 Å². The molecule has 0 spiro atoms. The van der Waals surface area contributed by atoms with Crippen LogP contribution in [0.15, 0.2) is 42.5 Å². The maximum absolute atomic E-state index is 13.5. The highest BCUT2D eigenvalue weighted by Gasteiger charge is 2.30. The summed E-state index contributed by atoms with van der Waals surface area (Å²) < 4.78 is 47.1. The van der Waals surface area contributed by atoms with Crippen molar-refractivity contribution in [1.29, 1.82) is 0 Å². The Kier molecular flexibility index (Phi) is 8.46. The summed E-state index contributed by atoms with van der Waals surface area (Å²) in [5.41, 5.74) is 2.38. The van der Waals surface area contributed by atoms with Crippen molar-refractivity contribution >= 4 is 33.9 Å². The molecule has 1 heterocycles. The molecule has 0 atom stereocenters. The molecule has 0 amide bonds. The predicted molar refractivity (Wildman–Crippen MR) is 145 cm³/mol. The molecule has 9 heteroatoms. The minimum atomic E-state index is -4.37. The predicted octanol–water partition coefficient (Wildman–Crippen LogP) is 6.61. The third-order valence-electron chi connectivity index (χ3n) is 6.82. The van der Waals surface area contributed by atoms with Gasteiger partial charge in [0.05, 0.1) is 30.6 Å². The van der Waals surface area contributed by atoms with E-state index in [1.165, 1.54) is 11.7 Å². The van der Waals surface area contributed by atoms with Crippen LogP contribution in [0.3, 0.4) is 0 Å². The van der Waals surface area contributed by atoms with E-state index in [4.69, 9.17) is 16.3 Å². The lowest BCUT2D eigenvalue weighted by Crippen LogP contribution is -2.36. The van der Waals surface area contributed by atoms with Crippen molar-refractivity contribution in [3.05, 3.63) is 53.2 Å². The van der Waals surface area contributed by atoms with E-state index in [1.54, 1.807) is 36.4 Å². The van der Waals surface area contributed by atoms with Gasteiger partial charge in [0.25, 0.3) is 0 Å². The first-order chi connectivity index (χ1) is 17.6. The fraction of sp³-hybridized carbons (Fsp3) is 0.429. The number of halogens is 4. The Morgan fingerprint density at radius 1 is 1.08 bits per heavy atom. The highest BCUT2D eigenvalue weighted by molar-refractivity contribution is 6.30. The number of aromatic nitrogens is 1.